The summed E-state index contributed by atoms with van der Waals surface area (Å²) in [4.78, 5) is 26.1. The van der Waals surface area contributed by atoms with Gasteiger partial charge in [-0.15, -0.1) is 0 Å². The number of hydrogen-bond donors (Lipinski definition) is 1. The zero-order chi connectivity index (χ0) is 17.1. The first kappa shape index (κ1) is 16.6. The van der Waals surface area contributed by atoms with Gasteiger partial charge in [0.15, 0.2) is 0 Å². The number of rotatable bonds is 5. The summed E-state index contributed by atoms with van der Waals surface area (Å²) in [6.45, 7) is 1.46. The van der Waals surface area contributed by atoms with Crippen LogP contribution in [0.2, 0.25) is 0 Å². The van der Waals surface area contributed by atoms with Crippen LogP contribution >= 0.6 is 0 Å². The van der Waals surface area contributed by atoms with Crippen molar-refractivity contribution < 1.29 is 19.1 Å². The quantitative estimate of drug-likeness (QED) is 0.893. The van der Waals surface area contributed by atoms with Crippen molar-refractivity contribution in [1.29, 1.82) is 0 Å². The minimum atomic E-state index is -0.203. The van der Waals surface area contributed by atoms with Gasteiger partial charge in [-0.3, -0.25) is 9.59 Å². The first-order valence-corrected chi connectivity index (χ1v) is 8.48. The lowest BCUT2D eigenvalue weighted by Crippen LogP contribution is -2.42. The molecule has 1 aromatic rings. The van der Waals surface area contributed by atoms with E-state index < -0.39 is 0 Å². The lowest BCUT2D eigenvalue weighted by Gasteiger charge is -2.32. The molecule has 1 N–H and O–H groups in total. The van der Waals surface area contributed by atoms with Crippen molar-refractivity contribution in [2.45, 2.75) is 31.8 Å². The molecule has 1 heterocycles. The van der Waals surface area contributed by atoms with Crippen LogP contribution < -0.4 is 14.8 Å². The Hall–Kier alpha value is -2.24. The van der Waals surface area contributed by atoms with Crippen molar-refractivity contribution in [2.75, 3.05) is 27.2 Å². The summed E-state index contributed by atoms with van der Waals surface area (Å²) in [5.41, 5.74) is 0.466. The van der Waals surface area contributed by atoms with Crippen LogP contribution in [0.25, 0.3) is 0 Å². The molecule has 2 amide bonds. The van der Waals surface area contributed by atoms with Crippen molar-refractivity contribution in [3.63, 3.8) is 0 Å². The SMILES string of the molecule is CNC(=O)c1cc(OC)ccc1OC1CCN(C(=O)C2CC2)CC1. The summed E-state index contributed by atoms with van der Waals surface area (Å²) in [6, 6.07) is 5.23. The van der Waals surface area contributed by atoms with E-state index in [9.17, 15) is 9.59 Å². The van der Waals surface area contributed by atoms with Gasteiger partial charge in [0.1, 0.15) is 17.6 Å². The fourth-order valence-corrected chi connectivity index (χ4v) is 3.01. The minimum absolute atomic E-state index is 0.0186. The molecule has 2 aliphatic rings. The highest BCUT2D eigenvalue weighted by Crippen LogP contribution is 2.32. The van der Waals surface area contributed by atoms with Gasteiger partial charge >= 0.3 is 0 Å². The third-order valence-electron chi connectivity index (χ3n) is 4.63. The topological polar surface area (TPSA) is 67.9 Å². The Balaban J connectivity index is 1.63. The lowest BCUT2D eigenvalue weighted by molar-refractivity contribution is -0.134. The van der Waals surface area contributed by atoms with E-state index in [0.717, 1.165) is 38.8 Å². The number of hydrogen-bond acceptors (Lipinski definition) is 4. The number of benzene rings is 1. The van der Waals surface area contributed by atoms with E-state index in [0.29, 0.717) is 23.0 Å². The third-order valence-corrected chi connectivity index (χ3v) is 4.63. The fraction of sp³-hybridized carbons (Fsp3) is 0.556. The van der Waals surface area contributed by atoms with Gasteiger partial charge in [-0.05, 0) is 31.0 Å². The normalized spacial score (nSPS) is 18.2. The van der Waals surface area contributed by atoms with Gasteiger partial charge in [-0.1, -0.05) is 0 Å². The molecule has 6 nitrogen and oxygen atoms in total. The standard InChI is InChI=1S/C18H24N2O4/c1-19-17(21)15-11-14(23-2)5-6-16(15)24-13-7-9-20(10-8-13)18(22)12-3-4-12/h5-6,11-13H,3-4,7-10H2,1-2H3,(H,19,21). The maximum absolute atomic E-state index is 12.1. The Morgan fingerprint density at radius 3 is 2.46 bits per heavy atom. The van der Waals surface area contributed by atoms with Crippen molar-refractivity contribution >= 4 is 11.8 Å². The first-order valence-electron chi connectivity index (χ1n) is 8.48. The van der Waals surface area contributed by atoms with Gasteiger partial charge in [0.05, 0.1) is 12.7 Å². The molecule has 0 spiro atoms. The second kappa shape index (κ2) is 7.11. The molecule has 24 heavy (non-hydrogen) atoms. The molecule has 0 radical (unpaired) electrons. The van der Waals surface area contributed by atoms with Gasteiger partial charge in [-0.25, -0.2) is 0 Å². The van der Waals surface area contributed by atoms with Crippen LogP contribution in [0.1, 0.15) is 36.0 Å². The zero-order valence-corrected chi connectivity index (χ0v) is 14.2. The van der Waals surface area contributed by atoms with E-state index in [4.69, 9.17) is 9.47 Å². The summed E-state index contributed by atoms with van der Waals surface area (Å²) in [6.07, 6.45) is 3.67. The number of methoxy groups -OCH3 is 1. The van der Waals surface area contributed by atoms with Crippen molar-refractivity contribution in [1.82, 2.24) is 10.2 Å². The molecule has 1 saturated heterocycles. The molecule has 2 fully saturated rings. The Labute approximate surface area is 142 Å². The number of piperidine rings is 1. The van der Waals surface area contributed by atoms with Crippen molar-refractivity contribution in [2.24, 2.45) is 5.92 Å². The van der Waals surface area contributed by atoms with E-state index in [1.807, 2.05) is 4.90 Å². The minimum Gasteiger partial charge on any atom is -0.497 e. The number of amides is 2. The van der Waals surface area contributed by atoms with Gasteiger partial charge in [-0.2, -0.15) is 0 Å². The molecule has 1 saturated carbocycles. The molecule has 0 bridgehead atoms. The summed E-state index contributed by atoms with van der Waals surface area (Å²) in [5, 5.41) is 2.62. The van der Waals surface area contributed by atoms with Crippen LogP contribution in [-0.2, 0) is 4.79 Å². The first-order chi connectivity index (χ1) is 11.6. The van der Waals surface area contributed by atoms with Crippen LogP contribution in [0.3, 0.4) is 0 Å². The highest BCUT2D eigenvalue weighted by molar-refractivity contribution is 5.97. The zero-order valence-electron chi connectivity index (χ0n) is 14.2. The monoisotopic (exact) mass is 332 g/mol. The van der Waals surface area contributed by atoms with Gasteiger partial charge in [0.25, 0.3) is 5.91 Å². The van der Waals surface area contributed by atoms with Gasteiger partial charge < -0.3 is 19.7 Å². The maximum Gasteiger partial charge on any atom is 0.254 e. The number of carbonyl (C=O) groups excluding carboxylic acids is 2. The summed E-state index contributed by atoms with van der Waals surface area (Å²) < 4.78 is 11.2. The molecule has 1 aliphatic carbocycles. The molecule has 0 unspecified atom stereocenters. The molecular formula is C18H24N2O4. The number of likely N-dealkylation sites (tertiary alicyclic amines) is 1. The predicted molar refractivity (Wildman–Crippen MR) is 89.3 cm³/mol. The molecule has 0 atom stereocenters. The van der Waals surface area contributed by atoms with Gasteiger partial charge in [0, 0.05) is 38.9 Å². The summed E-state index contributed by atoms with van der Waals surface area (Å²) >= 11 is 0. The average Bonchev–Trinajstić information content (AvgIpc) is 3.46. The number of ether oxygens (including phenoxy) is 2. The van der Waals surface area contributed by atoms with Crippen LogP contribution in [0.15, 0.2) is 18.2 Å². The maximum atomic E-state index is 12.1. The Bertz CT molecular complexity index is 619. The lowest BCUT2D eigenvalue weighted by atomic mass is 10.1. The molecule has 130 valence electrons. The Kier molecular flexibility index (Phi) is 4.92. The second-order valence-corrected chi connectivity index (χ2v) is 6.36. The second-order valence-electron chi connectivity index (χ2n) is 6.36. The average molecular weight is 332 g/mol. The molecule has 1 aromatic carbocycles. The van der Waals surface area contributed by atoms with Crippen LogP contribution in [0, 0.1) is 5.92 Å². The van der Waals surface area contributed by atoms with Crippen LogP contribution in [-0.4, -0.2) is 50.1 Å². The number of nitrogens with zero attached hydrogens (tertiary/aromatic N) is 1. The molecule has 3 rings (SSSR count). The van der Waals surface area contributed by atoms with Crippen LogP contribution in [0.4, 0.5) is 0 Å². The molecule has 6 heteroatoms. The third kappa shape index (κ3) is 3.63. The van der Waals surface area contributed by atoms with E-state index >= 15 is 0 Å². The van der Waals surface area contributed by atoms with Crippen LogP contribution in [0.5, 0.6) is 11.5 Å². The van der Waals surface area contributed by atoms with E-state index in [1.54, 1.807) is 32.4 Å². The number of nitrogens with one attached hydrogen (secondary N) is 1. The highest BCUT2D eigenvalue weighted by Gasteiger charge is 2.35. The molecule has 0 aromatic heterocycles. The fourth-order valence-electron chi connectivity index (χ4n) is 3.01. The number of carbonyl (C=O) groups is 2. The van der Waals surface area contributed by atoms with E-state index in [-0.39, 0.29) is 17.9 Å². The predicted octanol–water partition coefficient (Wildman–Crippen LogP) is 1.83. The van der Waals surface area contributed by atoms with E-state index in [2.05, 4.69) is 5.32 Å². The largest absolute Gasteiger partial charge is 0.497 e. The van der Waals surface area contributed by atoms with E-state index in [1.165, 1.54) is 0 Å². The summed E-state index contributed by atoms with van der Waals surface area (Å²) in [7, 11) is 3.16. The van der Waals surface area contributed by atoms with Crippen molar-refractivity contribution in [3.8, 4) is 11.5 Å². The molecule has 1 aliphatic heterocycles. The Morgan fingerprint density at radius 1 is 1.17 bits per heavy atom. The smallest absolute Gasteiger partial charge is 0.254 e. The highest BCUT2D eigenvalue weighted by atomic mass is 16.5. The van der Waals surface area contributed by atoms with Gasteiger partial charge in [0.2, 0.25) is 5.91 Å². The van der Waals surface area contributed by atoms with Crippen molar-refractivity contribution in [3.05, 3.63) is 23.8 Å². The Morgan fingerprint density at radius 2 is 1.88 bits per heavy atom. The summed E-state index contributed by atoms with van der Waals surface area (Å²) in [5.74, 6) is 1.53. The molecular weight excluding hydrogens is 308 g/mol.